The molecule has 0 saturated carbocycles. The number of ether oxygens (including phenoxy) is 2. The molecule has 0 aliphatic carbocycles. The van der Waals surface area contributed by atoms with Crippen LogP contribution in [0.3, 0.4) is 0 Å². The fraction of sp³-hybridized carbons (Fsp3) is 0.150. The maximum absolute atomic E-state index is 12.6. The molecule has 31 heavy (non-hydrogen) atoms. The van der Waals surface area contributed by atoms with E-state index >= 15 is 0 Å². The largest absolute Gasteiger partial charge is 0.480 e. The molecule has 11 nitrogen and oxygen atoms in total. The van der Waals surface area contributed by atoms with Crippen molar-refractivity contribution in [1.29, 1.82) is 0 Å². The van der Waals surface area contributed by atoms with Crippen LogP contribution in [0.4, 0.5) is 5.69 Å². The summed E-state index contributed by atoms with van der Waals surface area (Å²) < 4.78 is 10.5. The Bertz CT molecular complexity index is 1100. The number of aliphatic carboxylic acids is 1. The quantitative estimate of drug-likeness (QED) is 0.342. The number of amides is 2. The topological polar surface area (TPSA) is 157 Å². The van der Waals surface area contributed by atoms with E-state index in [9.17, 15) is 24.5 Å². The summed E-state index contributed by atoms with van der Waals surface area (Å²) in [6, 6.07) is 8.55. The van der Waals surface area contributed by atoms with E-state index < -0.39 is 28.7 Å². The van der Waals surface area contributed by atoms with E-state index in [0.717, 1.165) is 6.07 Å². The second-order valence-corrected chi connectivity index (χ2v) is 6.47. The van der Waals surface area contributed by atoms with E-state index in [1.807, 2.05) is 0 Å². The Hall–Kier alpha value is -4.41. The molecule has 2 aromatic carbocycles. The normalized spacial score (nSPS) is 13.3. The molecule has 2 amide bonds. The zero-order valence-corrected chi connectivity index (χ0v) is 16.2. The number of nitrogens with zero attached hydrogens (tertiary/aromatic N) is 1. The fourth-order valence-electron chi connectivity index (χ4n) is 2.62. The molecule has 2 aromatic rings. The number of hydrogen-bond donors (Lipinski definition) is 3. The van der Waals surface area contributed by atoms with Crippen LogP contribution in [0.15, 0.2) is 48.2 Å². The maximum Gasteiger partial charge on any atom is 0.325 e. The fourth-order valence-corrected chi connectivity index (χ4v) is 2.62. The van der Waals surface area contributed by atoms with Gasteiger partial charge in [-0.15, -0.1) is 0 Å². The Labute approximate surface area is 175 Å². The highest BCUT2D eigenvalue weighted by molar-refractivity contribution is 6.06. The summed E-state index contributed by atoms with van der Waals surface area (Å²) in [6.45, 7) is 1.32. The average Bonchev–Trinajstić information content (AvgIpc) is 3.21. The van der Waals surface area contributed by atoms with Crippen molar-refractivity contribution in [3.05, 3.63) is 69.4 Å². The summed E-state index contributed by atoms with van der Waals surface area (Å²) in [5, 5.41) is 24.6. The van der Waals surface area contributed by atoms with Gasteiger partial charge in [-0.3, -0.25) is 24.5 Å². The second kappa shape index (κ2) is 8.95. The van der Waals surface area contributed by atoms with Crippen molar-refractivity contribution >= 4 is 29.5 Å². The molecule has 3 N–H and O–H groups in total. The third kappa shape index (κ3) is 5.15. The molecule has 0 aromatic heterocycles. The Morgan fingerprint density at radius 1 is 1.16 bits per heavy atom. The van der Waals surface area contributed by atoms with Crippen molar-refractivity contribution in [3.8, 4) is 11.5 Å². The first-order valence-electron chi connectivity index (χ1n) is 8.95. The molecule has 160 valence electrons. The van der Waals surface area contributed by atoms with Gasteiger partial charge in [0.05, 0.1) is 4.92 Å². The number of carbonyl (C=O) groups is 3. The summed E-state index contributed by atoms with van der Waals surface area (Å²) in [6.07, 6.45) is 1.32. The summed E-state index contributed by atoms with van der Waals surface area (Å²) in [7, 11) is 0. The monoisotopic (exact) mass is 427 g/mol. The van der Waals surface area contributed by atoms with Crippen LogP contribution in [-0.4, -0.2) is 40.6 Å². The van der Waals surface area contributed by atoms with Crippen molar-refractivity contribution in [2.75, 3.05) is 6.79 Å². The first-order valence-corrected chi connectivity index (χ1v) is 8.95. The summed E-state index contributed by atoms with van der Waals surface area (Å²) in [5.74, 6) is -1.94. The lowest BCUT2D eigenvalue weighted by atomic mass is 10.1. The van der Waals surface area contributed by atoms with Gasteiger partial charge < -0.3 is 25.2 Å². The van der Waals surface area contributed by atoms with Gasteiger partial charge in [-0.05, 0) is 36.8 Å². The van der Waals surface area contributed by atoms with Crippen molar-refractivity contribution in [3.63, 3.8) is 0 Å². The summed E-state index contributed by atoms with van der Waals surface area (Å²) in [5.41, 5.74) is -0.136. The molecule has 0 spiro atoms. The summed E-state index contributed by atoms with van der Waals surface area (Å²) >= 11 is 0. The van der Waals surface area contributed by atoms with Crippen LogP contribution in [0.1, 0.15) is 22.8 Å². The van der Waals surface area contributed by atoms with Crippen molar-refractivity contribution in [2.24, 2.45) is 0 Å². The molecule has 0 radical (unpaired) electrons. The van der Waals surface area contributed by atoms with Gasteiger partial charge in [0, 0.05) is 17.7 Å². The number of carboxylic acids is 1. The van der Waals surface area contributed by atoms with Crippen molar-refractivity contribution < 1.29 is 33.9 Å². The van der Waals surface area contributed by atoms with E-state index in [2.05, 4.69) is 10.6 Å². The number of carboxylic acid groups (broad SMARTS) is 1. The smallest absolute Gasteiger partial charge is 0.325 e. The molecular weight excluding hydrogens is 410 g/mol. The molecule has 1 heterocycles. The minimum absolute atomic E-state index is 0.0510. The number of hydrogen-bond acceptors (Lipinski definition) is 7. The number of carbonyl (C=O) groups excluding carboxylic acids is 2. The van der Waals surface area contributed by atoms with Crippen LogP contribution < -0.4 is 20.1 Å². The van der Waals surface area contributed by atoms with E-state index in [-0.39, 0.29) is 23.7 Å². The standard InChI is InChI=1S/C20H17N3O8/c1-11(20(26)27)21-19(25)15(7-12-5-6-16-17(8-12)31-10-30-16)22-18(24)13-3-2-4-14(9-13)23(28)29/h2-9,11H,10H2,1H3,(H,21,25)(H,22,24)(H,26,27)/b15-7-. The molecule has 0 fully saturated rings. The van der Waals surface area contributed by atoms with E-state index in [0.29, 0.717) is 17.1 Å². The van der Waals surface area contributed by atoms with Crippen molar-refractivity contribution in [1.82, 2.24) is 10.6 Å². The molecular formula is C20H17N3O8. The number of benzene rings is 2. The van der Waals surface area contributed by atoms with E-state index in [1.165, 1.54) is 31.2 Å². The second-order valence-electron chi connectivity index (χ2n) is 6.47. The molecule has 1 aliphatic rings. The maximum atomic E-state index is 12.6. The molecule has 0 bridgehead atoms. The average molecular weight is 427 g/mol. The highest BCUT2D eigenvalue weighted by Crippen LogP contribution is 2.33. The van der Waals surface area contributed by atoms with Crippen LogP contribution >= 0.6 is 0 Å². The molecule has 3 rings (SSSR count). The zero-order chi connectivity index (χ0) is 22.5. The number of nitro groups is 1. The van der Waals surface area contributed by atoms with Crippen LogP contribution in [0.25, 0.3) is 6.08 Å². The first-order chi connectivity index (χ1) is 14.7. The van der Waals surface area contributed by atoms with Crippen LogP contribution in [0.5, 0.6) is 11.5 Å². The Kier molecular flexibility index (Phi) is 6.15. The first kappa shape index (κ1) is 21.3. The van der Waals surface area contributed by atoms with Crippen LogP contribution in [0, 0.1) is 10.1 Å². The zero-order valence-electron chi connectivity index (χ0n) is 16.2. The lowest BCUT2D eigenvalue weighted by Gasteiger charge is -2.13. The molecule has 1 atom stereocenters. The molecule has 11 heteroatoms. The van der Waals surface area contributed by atoms with Gasteiger partial charge in [0.15, 0.2) is 11.5 Å². The minimum atomic E-state index is -1.26. The summed E-state index contributed by atoms with van der Waals surface area (Å²) in [4.78, 5) is 46.6. The molecule has 1 aliphatic heterocycles. The van der Waals surface area contributed by atoms with Gasteiger partial charge in [-0.1, -0.05) is 12.1 Å². The SMILES string of the molecule is CC(NC(=O)/C(=C/c1ccc2c(c1)OCO2)NC(=O)c1cccc([N+](=O)[O-])c1)C(=O)O. The molecule has 1 unspecified atom stereocenters. The Balaban J connectivity index is 1.90. The number of rotatable bonds is 7. The number of nitro benzene ring substituents is 1. The number of nitrogens with one attached hydrogen (secondary N) is 2. The van der Waals surface area contributed by atoms with E-state index in [1.54, 1.807) is 18.2 Å². The highest BCUT2D eigenvalue weighted by Gasteiger charge is 2.21. The highest BCUT2D eigenvalue weighted by atomic mass is 16.7. The van der Waals surface area contributed by atoms with Gasteiger partial charge in [0.25, 0.3) is 17.5 Å². The van der Waals surface area contributed by atoms with Crippen molar-refractivity contribution in [2.45, 2.75) is 13.0 Å². The van der Waals surface area contributed by atoms with Gasteiger partial charge in [0.2, 0.25) is 6.79 Å². The van der Waals surface area contributed by atoms with Gasteiger partial charge in [-0.25, -0.2) is 0 Å². The third-order valence-corrected chi connectivity index (χ3v) is 4.24. The number of non-ortho nitro benzene ring substituents is 1. The lowest BCUT2D eigenvalue weighted by Crippen LogP contribution is -2.42. The van der Waals surface area contributed by atoms with E-state index in [4.69, 9.17) is 14.6 Å². The Morgan fingerprint density at radius 3 is 2.61 bits per heavy atom. The number of fused-ring (bicyclic) bond motifs is 1. The predicted octanol–water partition coefficient (Wildman–Crippen LogP) is 1.68. The van der Waals surface area contributed by atoms with Gasteiger partial charge in [0.1, 0.15) is 11.7 Å². The Morgan fingerprint density at radius 2 is 1.90 bits per heavy atom. The van der Waals surface area contributed by atoms with Crippen LogP contribution in [-0.2, 0) is 9.59 Å². The molecule has 0 saturated heterocycles. The minimum Gasteiger partial charge on any atom is -0.480 e. The van der Waals surface area contributed by atoms with Crippen LogP contribution in [0.2, 0.25) is 0 Å². The predicted molar refractivity (Wildman–Crippen MR) is 106 cm³/mol. The lowest BCUT2D eigenvalue weighted by molar-refractivity contribution is -0.384. The van der Waals surface area contributed by atoms with Gasteiger partial charge >= 0.3 is 5.97 Å². The van der Waals surface area contributed by atoms with Gasteiger partial charge in [-0.2, -0.15) is 0 Å². The third-order valence-electron chi connectivity index (χ3n) is 4.24.